The molecule has 0 bridgehead atoms. The Labute approximate surface area is 109 Å². The fourth-order valence-electron chi connectivity index (χ4n) is 1.51. The molecule has 0 atom stereocenters. The summed E-state index contributed by atoms with van der Waals surface area (Å²) >= 11 is 1.44. The van der Waals surface area contributed by atoms with Gasteiger partial charge in [-0.2, -0.15) is 0 Å². The predicted octanol–water partition coefficient (Wildman–Crippen LogP) is 2.22. The molecule has 94 valence electrons. The van der Waals surface area contributed by atoms with Crippen LogP contribution in [0.25, 0.3) is 0 Å². The number of carbonyl (C=O) groups excluding carboxylic acids is 1. The molecule has 2 rings (SSSR count). The molecule has 0 fully saturated rings. The quantitative estimate of drug-likeness (QED) is 0.832. The number of thiophene rings is 1. The Bertz CT molecular complexity index is 559. The molecule has 0 aliphatic carbocycles. The van der Waals surface area contributed by atoms with Crippen molar-refractivity contribution in [1.82, 2.24) is 15.4 Å². The number of hydrazine groups is 1. The van der Waals surface area contributed by atoms with Gasteiger partial charge in [0.1, 0.15) is 0 Å². The summed E-state index contributed by atoms with van der Waals surface area (Å²) in [5.41, 5.74) is 7.00. The number of carbonyl (C=O) groups is 1. The van der Waals surface area contributed by atoms with Crippen LogP contribution in [0, 0.1) is 20.8 Å². The first-order chi connectivity index (χ1) is 8.54. The summed E-state index contributed by atoms with van der Waals surface area (Å²) in [7, 11) is 0. The summed E-state index contributed by atoms with van der Waals surface area (Å²) in [5, 5.41) is 0. The first kappa shape index (κ1) is 12.5. The largest absolute Gasteiger partial charge is 0.279 e. The van der Waals surface area contributed by atoms with E-state index in [2.05, 4.69) is 20.8 Å². The summed E-state index contributed by atoms with van der Waals surface area (Å²) in [4.78, 5) is 21.9. The number of hydrogen-bond acceptors (Lipinski definition) is 5. The lowest BCUT2D eigenvalue weighted by Gasteiger charge is -2.07. The van der Waals surface area contributed by atoms with E-state index in [1.54, 1.807) is 6.07 Å². The molecule has 0 aliphatic rings. The minimum absolute atomic E-state index is 0.184. The monoisotopic (exact) mass is 262 g/mol. The van der Waals surface area contributed by atoms with E-state index in [0.29, 0.717) is 10.8 Å². The number of rotatable bonds is 3. The van der Waals surface area contributed by atoms with Gasteiger partial charge in [-0.3, -0.25) is 15.6 Å². The second-order valence-electron chi connectivity index (χ2n) is 3.96. The van der Waals surface area contributed by atoms with E-state index < -0.39 is 0 Å². The molecule has 0 radical (unpaired) electrons. The van der Waals surface area contributed by atoms with Crippen LogP contribution in [0.15, 0.2) is 18.2 Å². The number of hydrogen-bond donors (Lipinski definition) is 2. The van der Waals surface area contributed by atoms with Crippen LogP contribution in [0.2, 0.25) is 0 Å². The molecule has 0 saturated carbocycles. The summed E-state index contributed by atoms with van der Waals surface area (Å²) in [5.74, 6) is 0.213. The normalized spacial score (nSPS) is 10.2. The maximum Gasteiger partial charge on any atom is 0.279 e. The van der Waals surface area contributed by atoms with Crippen molar-refractivity contribution in [3.05, 3.63) is 39.3 Å². The predicted molar refractivity (Wildman–Crippen MR) is 71.7 cm³/mol. The Hall–Kier alpha value is -1.95. The molecule has 2 heterocycles. The topological polar surface area (TPSA) is 66.9 Å². The van der Waals surface area contributed by atoms with Crippen LogP contribution in [0.3, 0.4) is 0 Å². The second-order valence-corrected chi connectivity index (χ2v) is 5.25. The van der Waals surface area contributed by atoms with Gasteiger partial charge in [0.25, 0.3) is 5.91 Å². The minimum atomic E-state index is -0.184. The third-order valence-electron chi connectivity index (χ3n) is 2.23. The second kappa shape index (κ2) is 5.14. The van der Waals surface area contributed by atoms with Crippen LogP contribution in [0.5, 0.6) is 0 Å². The molecular weight excluding hydrogens is 248 g/mol. The van der Waals surface area contributed by atoms with Crippen molar-refractivity contribution >= 4 is 23.2 Å². The van der Waals surface area contributed by atoms with Crippen LogP contribution < -0.4 is 10.9 Å². The van der Waals surface area contributed by atoms with Gasteiger partial charge in [0.15, 0.2) is 0 Å². The molecule has 1 amide bonds. The molecule has 0 saturated heterocycles. The van der Waals surface area contributed by atoms with Crippen molar-refractivity contribution in [1.29, 1.82) is 0 Å². The average molecular weight is 262 g/mol. The zero-order valence-corrected chi connectivity index (χ0v) is 11.3. The van der Waals surface area contributed by atoms with Gasteiger partial charge in [0.2, 0.25) is 5.95 Å². The molecule has 2 aromatic heterocycles. The molecule has 2 N–H and O–H groups in total. The van der Waals surface area contributed by atoms with Gasteiger partial charge >= 0.3 is 0 Å². The first-order valence-electron chi connectivity index (χ1n) is 5.49. The molecule has 2 aromatic rings. The fourth-order valence-corrected chi connectivity index (χ4v) is 2.28. The maximum absolute atomic E-state index is 11.8. The molecule has 6 heteroatoms. The van der Waals surface area contributed by atoms with Gasteiger partial charge in [0.05, 0.1) is 4.88 Å². The van der Waals surface area contributed by atoms with E-state index in [1.165, 1.54) is 11.3 Å². The summed E-state index contributed by atoms with van der Waals surface area (Å²) < 4.78 is 0. The minimum Gasteiger partial charge on any atom is -0.266 e. The number of amides is 1. The van der Waals surface area contributed by atoms with Gasteiger partial charge in [0, 0.05) is 16.3 Å². The Morgan fingerprint density at radius 3 is 2.39 bits per heavy atom. The van der Waals surface area contributed by atoms with E-state index in [4.69, 9.17) is 0 Å². The third kappa shape index (κ3) is 3.04. The van der Waals surface area contributed by atoms with Gasteiger partial charge in [-0.15, -0.1) is 11.3 Å². The van der Waals surface area contributed by atoms with Crippen LogP contribution >= 0.6 is 11.3 Å². The Morgan fingerprint density at radius 2 is 1.83 bits per heavy atom. The van der Waals surface area contributed by atoms with E-state index >= 15 is 0 Å². The number of aromatic nitrogens is 2. The summed E-state index contributed by atoms with van der Waals surface area (Å²) in [6, 6.07) is 5.57. The SMILES string of the molecule is Cc1cc(C)nc(NNC(=O)c2ccc(C)s2)n1. The van der Waals surface area contributed by atoms with Crippen molar-refractivity contribution in [2.75, 3.05) is 5.43 Å². The van der Waals surface area contributed by atoms with E-state index in [0.717, 1.165) is 16.3 Å². The van der Waals surface area contributed by atoms with Crippen molar-refractivity contribution in [3.63, 3.8) is 0 Å². The van der Waals surface area contributed by atoms with Crippen LogP contribution in [-0.4, -0.2) is 15.9 Å². The van der Waals surface area contributed by atoms with E-state index in [-0.39, 0.29) is 5.91 Å². The highest BCUT2D eigenvalue weighted by atomic mass is 32.1. The molecule has 0 spiro atoms. The lowest BCUT2D eigenvalue weighted by molar-refractivity contribution is 0.0966. The van der Waals surface area contributed by atoms with Crippen LogP contribution in [0.1, 0.15) is 25.9 Å². The lowest BCUT2D eigenvalue weighted by atomic mass is 10.4. The number of nitrogens with one attached hydrogen (secondary N) is 2. The van der Waals surface area contributed by atoms with E-state index in [9.17, 15) is 4.79 Å². The highest BCUT2D eigenvalue weighted by Crippen LogP contribution is 2.14. The van der Waals surface area contributed by atoms with Crippen LogP contribution in [-0.2, 0) is 0 Å². The van der Waals surface area contributed by atoms with Crippen molar-refractivity contribution in [3.8, 4) is 0 Å². The first-order valence-corrected chi connectivity index (χ1v) is 6.31. The van der Waals surface area contributed by atoms with Gasteiger partial charge in [-0.1, -0.05) is 0 Å². The summed E-state index contributed by atoms with van der Waals surface area (Å²) in [6.07, 6.45) is 0. The number of anilines is 1. The average Bonchev–Trinajstić information content (AvgIpc) is 2.71. The van der Waals surface area contributed by atoms with Crippen LogP contribution in [0.4, 0.5) is 5.95 Å². The molecule has 0 aromatic carbocycles. The van der Waals surface area contributed by atoms with E-state index in [1.807, 2.05) is 32.9 Å². The summed E-state index contributed by atoms with van der Waals surface area (Å²) in [6.45, 7) is 5.72. The smallest absolute Gasteiger partial charge is 0.266 e. The highest BCUT2D eigenvalue weighted by molar-refractivity contribution is 7.13. The molecule has 0 unspecified atom stereocenters. The molecule has 0 aliphatic heterocycles. The van der Waals surface area contributed by atoms with Gasteiger partial charge in [-0.25, -0.2) is 9.97 Å². The number of nitrogens with zero attached hydrogens (tertiary/aromatic N) is 2. The maximum atomic E-state index is 11.8. The zero-order valence-electron chi connectivity index (χ0n) is 10.4. The van der Waals surface area contributed by atoms with Gasteiger partial charge in [-0.05, 0) is 39.0 Å². The van der Waals surface area contributed by atoms with Crippen molar-refractivity contribution in [2.24, 2.45) is 0 Å². The molecular formula is C12H14N4OS. The fraction of sp³-hybridized carbons (Fsp3) is 0.250. The third-order valence-corrected chi connectivity index (χ3v) is 3.23. The van der Waals surface area contributed by atoms with Gasteiger partial charge < -0.3 is 0 Å². The molecule has 5 nitrogen and oxygen atoms in total. The zero-order chi connectivity index (χ0) is 13.1. The highest BCUT2D eigenvalue weighted by Gasteiger charge is 2.08. The van der Waals surface area contributed by atoms with Crippen molar-refractivity contribution in [2.45, 2.75) is 20.8 Å². The Morgan fingerprint density at radius 1 is 1.17 bits per heavy atom. The Balaban J connectivity index is 2.01. The standard InChI is InChI=1S/C12H14N4OS/c1-7-6-8(2)14-12(13-7)16-15-11(17)10-5-4-9(3)18-10/h4-6H,1-3H3,(H,15,17)(H,13,14,16). The number of aryl methyl sites for hydroxylation is 3. The molecule has 18 heavy (non-hydrogen) atoms. The van der Waals surface area contributed by atoms with Crippen molar-refractivity contribution < 1.29 is 4.79 Å². The Kier molecular flexibility index (Phi) is 3.57. The lowest BCUT2D eigenvalue weighted by Crippen LogP contribution is -2.29.